The van der Waals surface area contributed by atoms with E-state index in [1.54, 1.807) is 12.1 Å². The number of aromatic amines is 1. The molecule has 1 aromatic heterocycles. The molecular formula is C11H15N3O2. The summed E-state index contributed by atoms with van der Waals surface area (Å²) in [7, 11) is 0. The predicted octanol–water partition coefficient (Wildman–Crippen LogP) is 0.858. The van der Waals surface area contributed by atoms with E-state index in [2.05, 4.69) is 4.98 Å². The lowest BCUT2D eigenvalue weighted by Crippen LogP contribution is -2.43. The van der Waals surface area contributed by atoms with Gasteiger partial charge < -0.3 is 15.9 Å². The zero-order valence-electron chi connectivity index (χ0n) is 9.28. The van der Waals surface area contributed by atoms with Crippen LogP contribution in [0, 0.1) is 0 Å². The lowest BCUT2D eigenvalue weighted by Gasteiger charge is -2.27. The fraction of sp³-hybridized carbons (Fsp3) is 0.364. The minimum Gasteiger partial charge on any atom is -0.408 e. The van der Waals surface area contributed by atoms with Gasteiger partial charge in [-0.3, -0.25) is 4.98 Å². The molecule has 5 nitrogen and oxygen atoms in total. The first kappa shape index (κ1) is 10.9. The third-order valence-corrected chi connectivity index (χ3v) is 2.61. The van der Waals surface area contributed by atoms with Crippen LogP contribution < -0.4 is 17.2 Å². The van der Waals surface area contributed by atoms with Gasteiger partial charge in [-0.05, 0) is 31.5 Å². The molecular weight excluding hydrogens is 206 g/mol. The highest BCUT2D eigenvalue weighted by Crippen LogP contribution is 2.23. The number of fused-ring (bicyclic) bond motifs is 1. The Hall–Kier alpha value is -1.59. The summed E-state index contributed by atoms with van der Waals surface area (Å²) in [5.74, 6) is -0.465. The summed E-state index contributed by atoms with van der Waals surface area (Å²) >= 11 is 0. The highest BCUT2D eigenvalue weighted by molar-refractivity contribution is 5.72. The van der Waals surface area contributed by atoms with Gasteiger partial charge in [-0.15, -0.1) is 0 Å². The van der Waals surface area contributed by atoms with E-state index in [1.807, 2.05) is 19.9 Å². The van der Waals surface area contributed by atoms with Crippen LogP contribution >= 0.6 is 0 Å². The van der Waals surface area contributed by atoms with E-state index < -0.39 is 11.3 Å². The van der Waals surface area contributed by atoms with Crippen molar-refractivity contribution in [1.29, 1.82) is 0 Å². The van der Waals surface area contributed by atoms with Crippen molar-refractivity contribution in [3.63, 3.8) is 0 Å². The van der Waals surface area contributed by atoms with Crippen LogP contribution in [0.25, 0.3) is 11.1 Å². The number of nitrogens with one attached hydrogen (secondary N) is 1. The smallest absolute Gasteiger partial charge is 0.408 e. The van der Waals surface area contributed by atoms with E-state index in [9.17, 15) is 4.79 Å². The van der Waals surface area contributed by atoms with Gasteiger partial charge in [0.25, 0.3) is 0 Å². The molecule has 16 heavy (non-hydrogen) atoms. The summed E-state index contributed by atoms with van der Waals surface area (Å²) in [5.41, 5.74) is 13.4. The van der Waals surface area contributed by atoms with Gasteiger partial charge >= 0.3 is 5.76 Å². The number of hydrogen-bond acceptors (Lipinski definition) is 4. The number of hydrogen-bond donors (Lipinski definition) is 3. The van der Waals surface area contributed by atoms with E-state index in [1.165, 1.54) is 0 Å². The van der Waals surface area contributed by atoms with Gasteiger partial charge in [-0.25, -0.2) is 4.79 Å². The molecule has 1 aromatic carbocycles. The molecule has 5 heteroatoms. The Kier molecular flexibility index (Phi) is 2.36. The van der Waals surface area contributed by atoms with E-state index in [-0.39, 0.29) is 6.04 Å². The number of rotatable bonds is 2. The summed E-state index contributed by atoms with van der Waals surface area (Å²) in [5, 5.41) is 0. The van der Waals surface area contributed by atoms with E-state index in [4.69, 9.17) is 15.9 Å². The van der Waals surface area contributed by atoms with Crippen molar-refractivity contribution in [2.45, 2.75) is 25.4 Å². The summed E-state index contributed by atoms with van der Waals surface area (Å²) < 4.78 is 4.96. The molecule has 2 rings (SSSR count). The highest BCUT2D eigenvalue weighted by atomic mass is 16.4. The third kappa shape index (κ3) is 1.87. The van der Waals surface area contributed by atoms with E-state index >= 15 is 0 Å². The minimum atomic E-state index is -0.524. The Labute approximate surface area is 92.4 Å². The molecule has 0 amide bonds. The molecule has 0 saturated heterocycles. The topological polar surface area (TPSA) is 98.0 Å². The van der Waals surface area contributed by atoms with Gasteiger partial charge in [-0.2, -0.15) is 0 Å². The second-order valence-electron chi connectivity index (χ2n) is 4.57. The fourth-order valence-corrected chi connectivity index (χ4v) is 1.58. The number of benzene rings is 1. The van der Waals surface area contributed by atoms with Gasteiger partial charge in [0.2, 0.25) is 0 Å². The number of aromatic nitrogens is 1. The second-order valence-corrected chi connectivity index (χ2v) is 4.57. The SMILES string of the molecule is CC(C)(N)C(N)c1ccc2[nH]c(=O)oc2c1. The van der Waals surface area contributed by atoms with Crippen molar-refractivity contribution in [2.24, 2.45) is 11.5 Å². The van der Waals surface area contributed by atoms with Crippen molar-refractivity contribution < 1.29 is 4.42 Å². The molecule has 0 aliphatic heterocycles. The Morgan fingerprint density at radius 3 is 2.75 bits per heavy atom. The molecule has 0 bridgehead atoms. The van der Waals surface area contributed by atoms with Crippen LogP contribution in [0.2, 0.25) is 0 Å². The summed E-state index contributed by atoms with van der Waals surface area (Å²) in [6, 6.07) is 5.04. The van der Waals surface area contributed by atoms with Crippen molar-refractivity contribution in [3.05, 3.63) is 34.3 Å². The van der Waals surface area contributed by atoms with E-state index in [0.29, 0.717) is 11.1 Å². The summed E-state index contributed by atoms with van der Waals surface area (Å²) in [6.07, 6.45) is 0. The van der Waals surface area contributed by atoms with Crippen molar-refractivity contribution in [1.82, 2.24) is 4.98 Å². The highest BCUT2D eigenvalue weighted by Gasteiger charge is 2.23. The first-order valence-electron chi connectivity index (χ1n) is 5.05. The molecule has 0 aliphatic carbocycles. The molecule has 5 N–H and O–H groups in total. The fourth-order valence-electron chi connectivity index (χ4n) is 1.58. The van der Waals surface area contributed by atoms with Crippen LogP contribution in [-0.2, 0) is 0 Å². The van der Waals surface area contributed by atoms with Crippen molar-refractivity contribution >= 4 is 11.1 Å². The zero-order chi connectivity index (χ0) is 11.9. The third-order valence-electron chi connectivity index (χ3n) is 2.61. The quantitative estimate of drug-likeness (QED) is 0.700. The summed E-state index contributed by atoms with van der Waals surface area (Å²) in [6.45, 7) is 3.71. The first-order chi connectivity index (χ1) is 7.38. The van der Waals surface area contributed by atoms with Crippen LogP contribution in [0.3, 0.4) is 0 Å². The maximum atomic E-state index is 11.0. The molecule has 0 aliphatic rings. The maximum Gasteiger partial charge on any atom is 0.417 e. The molecule has 1 atom stereocenters. The predicted molar refractivity (Wildman–Crippen MR) is 62.0 cm³/mol. The Morgan fingerprint density at radius 1 is 1.44 bits per heavy atom. The maximum absolute atomic E-state index is 11.0. The normalized spacial score (nSPS) is 14.2. The number of nitrogens with two attached hydrogens (primary N) is 2. The molecule has 0 fully saturated rings. The van der Waals surface area contributed by atoms with Gasteiger partial charge in [0, 0.05) is 11.6 Å². The van der Waals surface area contributed by atoms with Crippen LogP contribution in [0.4, 0.5) is 0 Å². The van der Waals surface area contributed by atoms with Gasteiger partial charge in [0.1, 0.15) is 0 Å². The van der Waals surface area contributed by atoms with Crippen molar-refractivity contribution in [2.75, 3.05) is 0 Å². The minimum absolute atomic E-state index is 0.308. The van der Waals surface area contributed by atoms with Crippen molar-refractivity contribution in [3.8, 4) is 0 Å². The average Bonchev–Trinajstić information content (AvgIpc) is 2.54. The van der Waals surface area contributed by atoms with Crippen LogP contribution in [-0.4, -0.2) is 10.5 Å². The Balaban J connectivity index is 2.50. The van der Waals surface area contributed by atoms with E-state index in [0.717, 1.165) is 5.56 Å². The molecule has 0 radical (unpaired) electrons. The van der Waals surface area contributed by atoms with Crippen LogP contribution in [0.1, 0.15) is 25.5 Å². The van der Waals surface area contributed by atoms with Gasteiger partial charge in [-0.1, -0.05) is 6.07 Å². The molecule has 86 valence electrons. The van der Waals surface area contributed by atoms with Gasteiger partial charge in [0.15, 0.2) is 5.58 Å². The molecule has 1 heterocycles. The van der Waals surface area contributed by atoms with Gasteiger partial charge in [0.05, 0.1) is 5.52 Å². The van der Waals surface area contributed by atoms with Crippen LogP contribution in [0.15, 0.2) is 27.4 Å². The number of oxazole rings is 1. The largest absolute Gasteiger partial charge is 0.417 e. The molecule has 0 saturated carbocycles. The molecule has 2 aromatic rings. The second kappa shape index (κ2) is 3.47. The number of H-pyrrole nitrogens is 1. The lowest BCUT2D eigenvalue weighted by molar-refractivity contribution is 0.420. The standard InChI is InChI=1S/C11H15N3O2/c1-11(2,13)9(12)6-3-4-7-8(5-6)16-10(15)14-7/h3-5,9H,12-13H2,1-2H3,(H,14,15). The zero-order valence-corrected chi connectivity index (χ0v) is 9.28. The summed E-state index contributed by atoms with van der Waals surface area (Å²) in [4.78, 5) is 13.6. The molecule has 0 spiro atoms. The van der Waals surface area contributed by atoms with Crippen LogP contribution in [0.5, 0.6) is 0 Å². The first-order valence-corrected chi connectivity index (χ1v) is 5.05. The lowest BCUT2D eigenvalue weighted by atomic mass is 9.90. The average molecular weight is 221 g/mol. The molecule has 1 unspecified atom stereocenters. The monoisotopic (exact) mass is 221 g/mol. The Morgan fingerprint density at radius 2 is 2.12 bits per heavy atom. The Bertz CT molecular complexity index is 562.